The number of fused-ring (bicyclic) bond motifs is 4. The minimum absolute atomic E-state index is 0.0989. The van der Waals surface area contributed by atoms with Crippen molar-refractivity contribution >= 4 is 21.1 Å². The second-order valence-electron chi connectivity index (χ2n) is 10.7. The van der Waals surface area contributed by atoms with Crippen LogP contribution in [0.25, 0.3) is 22.3 Å². The molecule has 0 N–H and O–H groups in total. The van der Waals surface area contributed by atoms with Crippen LogP contribution in [-0.4, -0.2) is 22.4 Å². The quantitative estimate of drug-likeness (QED) is 0.299. The van der Waals surface area contributed by atoms with Gasteiger partial charge in [-0.15, -0.1) is 0 Å². The first-order valence-corrected chi connectivity index (χ1v) is 14.3. The Morgan fingerprint density at radius 2 is 1.68 bits per heavy atom. The van der Waals surface area contributed by atoms with Crippen molar-refractivity contribution in [2.45, 2.75) is 50.8 Å². The predicted molar refractivity (Wildman–Crippen MR) is 138 cm³/mol. The van der Waals surface area contributed by atoms with E-state index in [1.807, 2.05) is 6.92 Å². The molecule has 3 aromatic heterocycles. The van der Waals surface area contributed by atoms with E-state index >= 15 is 4.39 Å². The van der Waals surface area contributed by atoms with E-state index in [2.05, 4.69) is 16.9 Å². The lowest BCUT2D eigenvalue weighted by molar-refractivity contribution is 0.0340. The van der Waals surface area contributed by atoms with Crippen molar-refractivity contribution < 1.29 is 17.2 Å². The molecule has 5 nitrogen and oxygen atoms in total. The second-order valence-corrected chi connectivity index (χ2v) is 12.6. The lowest BCUT2D eigenvalue weighted by atomic mass is 9.58. The molecule has 3 fully saturated rings. The van der Waals surface area contributed by atoms with E-state index in [9.17, 15) is 12.8 Å². The minimum Gasteiger partial charge on any atom is -0.253 e. The topological polar surface area (TPSA) is 64.8 Å². The van der Waals surface area contributed by atoms with E-state index < -0.39 is 15.8 Å². The first-order valence-electron chi connectivity index (χ1n) is 12.9. The Kier molecular flexibility index (Phi) is 5.90. The Hall–Kier alpha value is -3.13. The van der Waals surface area contributed by atoms with Gasteiger partial charge in [-0.25, -0.2) is 26.2 Å². The number of halogens is 2. The highest BCUT2D eigenvalue weighted by Crippen LogP contribution is 2.50. The third-order valence-electron chi connectivity index (χ3n) is 8.66. The van der Waals surface area contributed by atoms with Gasteiger partial charge in [-0.05, 0) is 92.5 Å². The van der Waals surface area contributed by atoms with Crippen molar-refractivity contribution in [2.75, 3.05) is 0 Å². The molecule has 7 rings (SSSR count). The van der Waals surface area contributed by atoms with Crippen LogP contribution in [0.15, 0.2) is 59.9 Å². The van der Waals surface area contributed by atoms with E-state index in [1.54, 1.807) is 18.2 Å². The van der Waals surface area contributed by atoms with Crippen LogP contribution in [0.2, 0.25) is 0 Å². The Bertz CT molecular complexity index is 1590. The van der Waals surface area contributed by atoms with Crippen LogP contribution in [0.1, 0.15) is 43.7 Å². The Labute approximate surface area is 215 Å². The third-order valence-corrected chi connectivity index (χ3v) is 10.3. The van der Waals surface area contributed by atoms with E-state index in [-0.39, 0.29) is 16.4 Å². The number of hydrogen-bond donors (Lipinski definition) is 0. The van der Waals surface area contributed by atoms with Crippen molar-refractivity contribution in [3.63, 3.8) is 0 Å². The summed E-state index contributed by atoms with van der Waals surface area (Å²) >= 11 is 0. The molecule has 37 heavy (non-hydrogen) atoms. The highest BCUT2D eigenvalue weighted by atomic mass is 32.2. The molecular weight excluding hydrogens is 492 g/mol. The van der Waals surface area contributed by atoms with E-state index in [0.29, 0.717) is 52.3 Å². The zero-order chi connectivity index (χ0) is 25.9. The van der Waals surface area contributed by atoms with Gasteiger partial charge in [-0.1, -0.05) is 24.6 Å². The summed E-state index contributed by atoms with van der Waals surface area (Å²) in [4.78, 5) is 8.51. The summed E-state index contributed by atoms with van der Waals surface area (Å²) in [5.74, 6) is 1.32. The van der Waals surface area contributed by atoms with Gasteiger partial charge >= 0.3 is 0 Å². The molecule has 0 unspecified atom stereocenters. The van der Waals surface area contributed by atoms with Gasteiger partial charge < -0.3 is 0 Å². The maximum Gasteiger partial charge on any atom is 0.269 e. The number of rotatable bonds is 5. The van der Waals surface area contributed by atoms with Gasteiger partial charge in [0, 0.05) is 17.1 Å². The maximum absolute atomic E-state index is 15.0. The standard InChI is InChI=1S/C29H29F2N3O2S/c1-17-3-9-23(10-4-17)37(35,36)34-16-26(25-13-22(30)14-33-29(25)34)28-12-21(27(31)15-32-28)11-24-18(2)19-5-7-20(24)8-6-19/h3-4,9-10,12-16,18-20,24H,5-8,11H2,1-2H3/t18-,19?,20?,24+/m1/s1. The number of aromatic nitrogens is 3. The molecule has 2 bridgehead atoms. The van der Waals surface area contributed by atoms with Crippen LogP contribution in [0.4, 0.5) is 8.78 Å². The summed E-state index contributed by atoms with van der Waals surface area (Å²) in [5.41, 5.74) is 2.40. The zero-order valence-electron chi connectivity index (χ0n) is 20.9. The Balaban J connectivity index is 1.44. The average Bonchev–Trinajstić information content (AvgIpc) is 3.27. The van der Waals surface area contributed by atoms with E-state index in [1.165, 1.54) is 56.3 Å². The first-order chi connectivity index (χ1) is 17.7. The summed E-state index contributed by atoms with van der Waals surface area (Å²) < 4.78 is 57.4. The zero-order valence-corrected chi connectivity index (χ0v) is 21.7. The smallest absolute Gasteiger partial charge is 0.253 e. The summed E-state index contributed by atoms with van der Waals surface area (Å²) in [7, 11) is -4.01. The van der Waals surface area contributed by atoms with Gasteiger partial charge in [0.2, 0.25) is 0 Å². The Morgan fingerprint density at radius 3 is 2.38 bits per heavy atom. The van der Waals surface area contributed by atoms with Crippen molar-refractivity contribution in [1.82, 2.24) is 13.9 Å². The molecule has 2 atom stereocenters. The van der Waals surface area contributed by atoms with Crippen molar-refractivity contribution in [2.24, 2.45) is 23.7 Å². The molecule has 3 saturated carbocycles. The molecule has 3 aliphatic carbocycles. The van der Waals surface area contributed by atoms with Crippen LogP contribution in [0.3, 0.4) is 0 Å². The van der Waals surface area contributed by atoms with Crippen LogP contribution < -0.4 is 0 Å². The summed E-state index contributed by atoms with van der Waals surface area (Å²) in [5, 5.41) is 0.311. The van der Waals surface area contributed by atoms with Gasteiger partial charge in [0.05, 0.1) is 23.0 Å². The van der Waals surface area contributed by atoms with Crippen LogP contribution in [0, 0.1) is 42.2 Å². The molecular formula is C29H29F2N3O2S. The molecule has 0 aliphatic heterocycles. The molecule has 0 spiro atoms. The van der Waals surface area contributed by atoms with Gasteiger partial charge in [0.25, 0.3) is 10.0 Å². The molecule has 8 heteroatoms. The van der Waals surface area contributed by atoms with Crippen LogP contribution >= 0.6 is 0 Å². The van der Waals surface area contributed by atoms with E-state index in [4.69, 9.17) is 0 Å². The number of benzene rings is 1. The lowest BCUT2D eigenvalue weighted by Gasteiger charge is -2.47. The predicted octanol–water partition coefficient (Wildman–Crippen LogP) is 6.54. The normalized spacial score (nSPS) is 23.6. The molecule has 192 valence electrons. The highest BCUT2D eigenvalue weighted by Gasteiger charge is 2.41. The molecule has 3 aliphatic rings. The van der Waals surface area contributed by atoms with Gasteiger partial charge in [-0.2, -0.15) is 0 Å². The average molecular weight is 522 g/mol. The van der Waals surface area contributed by atoms with Crippen molar-refractivity contribution in [3.8, 4) is 11.3 Å². The van der Waals surface area contributed by atoms with Crippen LogP contribution in [0.5, 0.6) is 0 Å². The SMILES string of the molecule is Cc1ccc(S(=O)(=O)n2cc(-c3cc(C[C@@H]4C5CCC(CC5)[C@H]4C)c(F)cn3)c3cc(F)cnc32)cc1. The van der Waals surface area contributed by atoms with Crippen LogP contribution in [-0.2, 0) is 16.4 Å². The van der Waals surface area contributed by atoms with Gasteiger partial charge in [0.15, 0.2) is 5.65 Å². The fourth-order valence-electron chi connectivity index (χ4n) is 6.53. The number of hydrogen-bond acceptors (Lipinski definition) is 4. The monoisotopic (exact) mass is 521 g/mol. The number of aryl methyl sites for hydroxylation is 1. The molecule has 0 saturated heterocycles. The first kappa shape index (κ1) is 24.2. The fraction of sp³-hybridized carbons (Fsp3) is 0.379. The number of nitrogens with zero attached hydrogens (tertiary/aromatic N) is 3. The summed E-state index contributed by atoms with van der Waals surface area (Å²) in [6, 6.07) is 9.47. The summed E-state index contributed by atoms with van der Waals surface area (Å²) in [6.45, 7) is 4.17. The molecule has 0 radical (unpaired) electrons. The molecule has 1 aromatic carbocycles. The third kappa shape index (κ3) is 4.15. The maximum atomic E-state index is 15.0. The molecule has 4 aromatic rings. The second kappa shape index (κ2) is 9.01. The minimum atomic E-state index is -4.01. The summed E-state index contributed by atoms with van der Waals surface area (Å²) in [6.07, 6.45) is 9.16. The van der Waals surface area contributed by atoms with Crippen molar-refractivity contribution in [1.29, 1.82) is 0 Å². The fourth-order valence-corrected chi connectivity index (χ4v) is 7.86. The van der Waals surface area contributed by atoms with Gasteiger partial charge in [0.1, 0.15) is 11.6 Å². The van der Waals surface area contributed by atoms with Gasteiger partial charge in [-0.3, -0.25) is 4.98 Å². The van der Waals surface area contributed by atoms with E-state index in [0.717, 1.165) is 15.7 Å². The number of pyridine rings is 2. The lowest BCUT2D eigenvalue weighted by Crippen LogP contribution is -2.39. The molecule has 0 amide bonds. The Morgan fingerprint density at radius 1 is 0.973 bits per heavy atom. The molecule has 3 heterocycles. The van der Waals surface area contributed by atoms with Crippen molar-refractivity contribution in [3.05, 3.63) is 77.8 Å². The highest BCUT2D eigenvalue weighted by molar-refractivity contribution is 7.90. The largest absolute Gasteiger partial charge is 0.269 e.